The van der Waals surface area contributed by atoms with Gasteiger partial charge in [-0.15, -0.1) is 5.10 Å². The SMILES string of the molecule is CCOc1cc(Oc2cnc(C)nc2N)n(C(C)C)n1. The maximum Gasteiger partial charge on any atom is 0.236 e. The van der Waals surface area contributed by atoms with Crippen molar-refractivity contribution in [2.24, 2.45) is 0 Å². The highest BCUT2D eigenvalue weighted by Crippen LogP contribution is 2.30. The predicted octanol–water partition coefficient (Wildman–Crippen LogP) is 2.34. The third kappa shape index (κ3) is 2.98. The first-order valence-electron chi connectivity index (χ1n) is 6.50. The van der Waals surface area contributed by atoms with Crippen LogP contribution >= 0.6 is 0 Å². The minimum absolute atomic E-state index is 0.131. The Balaban J connectivity index is 2.31. The lowest BCUT2D eigenvalue weighted by Gasteiger charge is -2.11. The quantitative estimate of drug-likeness (QED) is 0.902. The molecule has 0 aliphatic rings. The van der Waals surface area contributed by atoms with Gasteiger partial charge < -0.3 is 15.2 Å². The van der Waals surface area contributed by atoms with Gasteiger partial charge in [-0.2, -0.15) is 0 Å². The van der Waals surface area contributed by atoms with Crippen LogP contribution in [0.4, 0.5) is 5.82 Å². The number of aryl methyl sites for hydroxylation is 1. The summed E-state index contributed by atoms with van der Waals surface area (Å²) in [5, 5.41) is 4.33. The van der Waals surface area contributed by atoms with Crippen LogP contribution in [0.2, 0.25) is 0 Å². The number of anilines is 1. The molecule has 2 N–H and O–H groups in total. The van der Waals surface area contributed by atoms with Crippen LogP contribution in [0.1, 0.15) is 32.6 Å². The molecule has 0 atom stereocenters. The lowest BCUT2D eigenvalue weighted by molar-refractivity contribution is 0.317. The molecule has 2 aromatic heterocycles. The molecule has 7 heteroatoms. The fourth-order valence-electron chi connectivity index (χ4n) is 1.69. The van der Waals surface area contributed by atoms with E-state index in [0.717, 1.165) is 0 Å². The molecule has 2 aromatic rings. The second kappa shape index (κ2) is 5.77. The molecule has 0 bridgehead atoms. The number of hydrogen-bond donors (Lipinski definition) is 1. The van der Waals surface area contributed by atoms with Crippen LogP contribution < -0.4 is 15.2 Å². The molecule has 0 aromatic carbocycles. The van der Waals surface area contributed by atoms with Crippen LogP contribution in [0.5, 0.6) is 17.5 Å². The number of hydrogen-bond acceptors (Lipinski definition) is 6. The zero-order valence-electron chi connectivity index (χ0n) is 12.1. The first-order chi connectivity index (χ1) is 9.51. The summed E-state index contributed by atoms with van der Waals surface area (Å²) in [4.78, 5) is 8.14. The maximum absolute atomic E-state index is 5.82. The molecule has 0 aliphatic heterocycles. The highest BCUT2D eigenvalue weighted by atomic mass is 16.5. The number of rotatable bonds is 5. The smallest absolute Gasteiger partial charge is 0.236 e. The van der Waals surface area contributed by atoms with Gasteiger partial charge in [-0.25, -0.2) is 14.6 Å². The van der Waals surface area contributed by atoms with Crippen molar-refractivity contribution in [1.82, 2.24) is 19.7 Å². The normalized spacial score (nSPS) is 10.8. The summed E-state index contributed by atoms with van der Waals surface area (Å²) < 4.78 is 12.9. The Kier molecular flexibility index (Phi) is 4.07. The van der Waals surface area contributed by atoms with E-state index in [1.54, 1.807) is 23.9 Å². The van der Waals surface area contributed by atoms with Gasteiger partial charge in [0.05, 0.1) is 24.9 Å². The highest BCUT2D eigenvalue weighted by Gasteiger charge is 2.15. The predicted molar refractivity (Wildman–Crippen MR) is 75.0 cm³/mol. The lowest BCUT2D eigenvalue weighted by atomic mass is 10.4. The molecule has 108 valence electrons. The minimum Gasteiger partial charge on any atom is -0.477 e. The molecule has 2 heterocycles. The molecule has 7 nitrogen and oxygen atoms in total. The fraction of sp³-hybridized carbons (Fsp3) is 0.462. The Bertz CT molecular complexity index is 594. The summed E-state index contributed by atoms with van der Waals surface area (Å²) in [6.45, 7) is 8.23. The molecule has 2 rings (SSSR count). The standard InChI is InChI=1S/C13H19N5O2/c1-5-19-11-6-12(18(17-11)8(2)3)20-10-7-15-9(4)16-13(10)14/h6-8H,5H2,1-4H3,(H2,14,15,16). The number of nitrogens with two attached hydrogens (primary N) is 1. The van der Waals surface area contributed by atoms with E-state index in [2.05, 4.69) is 15.1 Å². The molecule has 0 saturated carbocycles. The van der Waals surface area contributed by atoms with Crippen molar-refractivity contribution < 1.29 is 9.47 Å². The summed E-state index contributed by atoms with van der Waals surface area (Å²) in [5.41, 5.74) is 5.82. The molecule has 0 amide bonds. The third-order valence-corrected chi connectivity index (χ3v) is 2.58. The first-order valence-corrected chi connectivity index (χ1v) is 6.50. The van der Waals surface area contributed by atoms with Crippen molar-refractivity contribution in [3.63, 3.8) is 0 Å². The monoisotopic (exact) mass is 277 g/mol. The number of nitrogen functional groups attached to an aromatic ring is 1. The second-order valence-electron chi connectivity index (χ2n) is 4.56. The summed E-state index contributed by atoms with van der Waals surface area (Å²) in [5.74, 6) is 2.36. The Hall–Kier alpha value is -2.31. The van der Waals surface area contributed by atoms with Gasteiger partial charge in [0, 0.05) is 0 Å². The number of nitrogens with zero attached hydrogens (tertiary/aromatic N) is 4. The minimum atomic E-state index is 0.131. The van der Waals surface area contributed by atoms with E-state index < -0.39 is 0 Å². The largest absolute Gasteiger partial charge is 0.477 e. The Labute approximate surface area is 117 Å². The van der Waals surface area contributed by atoms with Crippen LogP contribution in [-0.2, 0) is 0 Å². The molecular formula is C13H19N5O2. The first kappa shape index (κ1) is 14.1. The Morgan fingerprint density at radius 3 is 2.75 bits per heavy atom. The molecule has 0 spiro atoms. The van der Waals surface area contributed by atoms with Crippen LogP contribution in [0.3, 0.4) is 0 Å². The van der Waals surface area contributed by atoms with E-state index in [0.29, 0.717) is 35.8 Å². The van der Waals surface area contributed by atoms with Gasteiger partial charge in [-0.05, 0) is 27.7 Å². The van der Waals surface area contributed by atoms with Crippen LogP contribution in [0.25, 0.3) is 0 Å². The Morgan fingerprint density at radius 2 is 2.15 bits per heavy atom. The van der Waals surface area contributed by atoms with Crippen molar-refractivity contribution in [3.8, 4) is 17.5 Å². The third-order valence-electron chi connectivity index (χ3n) is 2.58. The molecule has 0 unspecified atom stereocenters. The molecule has 20 heavy (non-hydrogen) atoms. The lowest BCUT2D eigenvalue weighted by Crippen LogP contribution is -2.06. The topological polar surface area (TPSA) is 88.1 Å². The van der Waals surface area contributed by atoms with Gasteiger partial charge in [0.2, 0.25) is 11.8 Å². The van der Waals surface area contributed by atoms with E-state index in [1.807, 2.05) is 20.8 Å². The van der Waals surface area contributed by atoms with Gasteiger partial charge in [0.15, 0.2) is 11.6 Å². The van der Waals surface area contributed by atoms with E-state index in [1.165, 1.54) is 0 Å². The average molecular weight is 277 g/mol. The zero-order valence-corrected chi connectivity index (χ0v) is 12.1. The number of aromatic nitrogens is 4. The second-order valence-corrected chi connectivity index (χ2v) is 4.56. The zero-order chi connectivity index (χ0) is 14.7. The van der Waals surface area contributed by atoms with Gasteiger partial charge in [-0.3, -0.25) is 0 Å². The molecule has 0 fully saturated rings. The van der Waals surface area contributed by atoms with Crippen LogP contribution in [0.15, 0.2) is 12.3 Å². The Morgan fingerprint density at radius 1 is 1.40 bits per heavy atom. The summed E-state index contributed by atoms with van der Waals surface area (Å²) in [7, 11) is 0. The van der Waals surface area contributed by atoms with Crippen LogP contribution in [-0.4, -0.2) is 26.4 Å². The summed E-state index contributed by atoms with van der Waals surface area (Å²) in [6.07, 6.45) is 1.55. The fourth-order valence-corrected chi connectivity index (χ4v) is 1.69. The van der Waals surface area contributed by atoms with Crippen molar-refractivity contribution in [3.05, 3.63) is 18.1 Å². The van der Waals surface area contributed by atoms with E-state index in [9.17, 15) is 0 Å². The van der Waals surface area contributed by atoms with Crippen LogP contribution in [0, 0.1) is 6.92 Å². The average Bonchev–Trinajstić information content (AvgIpc) is 2.76. The summed E-state index contributed by atoms with van der Waals surface area (Å²) >= 11 is 0. The van der Waals surface area contributed by atoms with Crippen molar-refractivity contribution in [2.75, 3.05) is 12.3 Å². The molecular weight excluding hydrogens is 258 g/mol. The van der Waals surface area contributed by atoms with E-state index in [4.69, 9.17) is 15.2 Å². The van der Waals surface area contributed by atoms with Gasteiger partial charge in [0.1, 0.15) is 5.82 Å². The van der Waals surface area contributed by atoms with Crippen molar-refractivity contribution in [2.45, 2.75) is 33.7 Å². The van der Waals surface area contributed by atoms with E-state index >= 15 is 0 Å². The molecule has 0 radical (unpaired) electrons. The van der Waals surface area contributed by atoms with Crippen molar-refractivity contribution in [1.29, 1.82) is 0 Å². The van der Waals surface area contributed by atoms with Gasteiger partial charge in [-0.1, -0.05) is 0 Å². The highest BCUT2D eigenvalue weighted by molar-refractivity contribution is 5.46. The summed E-state index contributed by atoms with van der Waals surface area (Å²) in [6, 6.07) is 1.86. The van der Waals surface area contributed by atoms with Gasteiger partial charge >= 0.3 is 0 Å². The molecule has 0 saturated heterocycles. The molecule has 0 aliphatic carbocycles. The number of ether oxygens (including phenoxy) is 2. The van der Waals surface area contributed by atoms with Crippen molar-refractivity contribution >= 4 is 5.82 Å². The van der Waals surface area contributed by atoms with E-state index in [-0.39, 0.29) is 6.04 Å². The van der Waals surface area contributed by atoms with Gasteiger partial charge in [0.25, 0.3) is 0 Å². The maximum atomic E-state index is 5.82.